The van der Waals surface area contributed by atoms with Gasteiger partial charge in [0.15, 0.2) is 9.84 Å². The fourth-order valence-corrected chi connectivity index (χ4v) is 4.17. The Morgan fingerprint density at radius 2 is 2.06 bits per heavy atom. The van der Waals surface area contributed by atoms with E-state index in [0.717, 1.165) is 17.9 Å². The largest absolute Gasteiger partial charge is 0.310 e. The Hall–Kier alpha value is -0.580. The van der Waals surface area contributed by atoms with E-state index >= 15 is 0 Å². The lowest BCUT2D eigenvalue weighted by atomic mass is 10.1. The minimum Gasteiger partial charge on any atom is -0.310 e. The smallest absolute Gasteiger partial charge is 0.151 e. The van der Waals surface area contributed by atoms with Crippen molar-refractivity contribution in [2.24, 2.45) is 0 Å². The van der Waals surface area contributed by atoms with Crippen LogP contribution in [0.15, 0.2) is 24.3 Å². The number of halogens is 1. The van der Waals surface area contributed by atoms with Gasteiger partial charge in [-0.2, -0.15) is 0 Å². The third-order valence-corrected chi connectivity index (χ3v) is 5.23. The van der Waals surface area contributed by atoms with Crippen LogP contribution in [0, 0.1) is 0 Å². The fraction of sp³-hybridized carbons (Fsp3) is 0.538. The summed E-state index contributed by atoms with van der Waals surface area (Å²) in [6, 6.07) is 8.15. The van der Waals surface area contributed by atoms with Gasteiger partial charge in [-0.05, 0) is 37.5 Å². The third-order valence-electron chi connectivity index (χ3n) is 3.21. The van der Waals surface area contributed by atoms with Gasteiger partial charge in [0.25, 0.3) is 0 Å². The zero-order valence-electron chi connectivity index (χ0n) is 10.4. The summed E-state index contributed by atoms with van der Waals surface area (Å²) in [5, 5.41) is 4.12. The molecule has 0 unspecified atom stereocenters. The highest BCUT2D eigenvalue weighted by Crippen LogP contribution is 2.14. The van der Waals surface area contributed by atoms with Crippen LogP contribution in [0.25, 0.3) is 0 Å². The van der Waals surface area contributed by atoms with E-state index in [-0.39, 0.29) is 17.8 Å². The van der Waals surface area contributed by atoms with E-state index in [4.69, 9.17) is 11.6 Å². The SMILES string of the molecule is C[C@H](Cc1ccc(Cl)cc1)N[C@H]1CCS(=O)(=O)C1. The molecule has 0 radical (unpaired) electrons. The maximum atomic E-state index is 11.4. The minimum atomic E-state index is -2.80. The molecule has 0 saturated carbocycles. The van der Waals surface area contributed by atoms with Gasteiger partial charge >= 0.3 is 0 Å². The van der Waals surface area contributed by atoms with Crippen molar-refractivity contribution >= 4 is 21.4 Å². The number of benzene rings is 1. The van der Waals surface area contributed by atoms with Crippen LogP contribution in [-0.2, 0) is 16.3 Å². The first-order valence-electron chi connectivity index (χ1n) is 6.15. The maximum absolute atomic E-state index is 11.4. The van der Waals surface area contributed by atoms with Crippen LogP contribution in [0.4, 0.5) is 0 Å². The van der Waals surface area contributed by atoms with Crippen LogP contribution in [0.2, 0.25) is 5.02 Å². The molecule has 18 heavy (non-hydrogen) atoms. The summed E-state index contributed by atoms with van der Waals surface area (Å²) in [6.45, 7) is 2.08. The summed E-state index contributed by atoms with van der Waals surface area (Å²) in [4.78, 5) is 0. The zero-order chi connectivity index (χ0) is 13.2. The molecule has 1 fully saturated rings. The number of nitrogens with one attached hydrogen (secondary N) is 1. The molecule has 1 aromatic carbocycles. The monoisotopic (exact) mass is 287 g/mol. The van der Waals surface area contributed by atoms with Crippen LogP contribution in [-0.4, -0.2) is 32.0 Å². The van der Waals surface area contributed by atoms with Gasteiger partial charge in [-0.3, -0.25) is 0 Å². The Morgan fingerprint density at radius 1 is 1.39 bits per heavy atom. The van der Waals surface area contributed by atoms with Gasteiger partial charge < -0.3 is 5.32 Å². The van der Waals surface area contributed by atoms with Crippen molar-refractivity contribution in [2.75, 3.05) is 11.5 Å². The molecule has 1 aliphatic rings. The topological polar surface area (TPSA) is 46.2 Å². The standard InChI is InChI=1S/C13H18ClNO2S/c1-10(8-11-2-4-12(14)5-3-11)15-13-6-7-18(16,17)9-13/h2-5,10,13,15H,6-9H2,1H3/t10-,13+/m1/s1. The number of sulfone groups is 1. The molecule has 1 N–H and O–H groups in total. The highest BCUT2D eigenvalue weighted by molar-refractivity contribution is 7.91. The average molecular weight is 288 g/mol. The normalized spacial score (nSPS) is 24.0. The van der Waals surface area contributed by atoms with Crippen molar-refractivity contribution in [1.82, 2.24) is 5.32 Å². The van der Waals surface area contributed by atoms with Crippen molar-refractivity contribution in [3.05, 3.63) is 34.9 Å². The molecule has 0 spiro atoms. The van der Waals surface area contributed by atoms with Gasteiger partial charge in [-0.1, -0.05) is 23.7 Å². The lowest BCUT2D eigenvalue weighted by Gasteiger charge is -2.18. The molecule has 2 rings (SSSR count). The summed E-state index contributed by atoms with van der Waals surface area (Å²) in [5.41, 5.74) is 1.21. The molecule has 5 heteroatoms. The van der Waals surface area contributed by atoms with Gasteiger partial charge in [-0.15, -0.1) is 0 Å². The Kier molecular flexibility index (Phi) is 4.30. The van der Waals surface area contributed by atoms with E-state index in [1.54, 1.807) is 0 Å². The molecular weight excluding hydrogens is 270 g/mol. The number of hydrogen-bond acceptors (Lipinski definition) is 3. The second kappa shape index (κ2) is 5.59. The molecule has 0 aromatic heterocycles. The lowest BCUT2D eigenvalue weighted by Crippen LogP contribution is -2.38. The molecule has 1 aliphatic heterocycles. The summed E-state index contributed by atoms with van der Waals surface area (Å²) in [6.07, 6.45) is 1.61. The van der Waals surface area contributed by atoms with Crippen molar-refractivity contribution < 1.29 is 8.42 Å². The summed E-state index contributed by atoms with van der Waals surface area (Å²) in [5.74, 6) is 0.594. The van der Waals surface area contributed by atoms with Gasteiger partial charge in [0, 0.05) is 17.1 Å². The summed E-state index contributed by atoms with van der Waals surface area (Å²) >= 11 is 5.83. The van der Waals surface area contributed by atoms with E-state index in [0.29, 0.717) is 5.75 Å². The van der Waals surface area contributed by atoms with E-state index in [9.17, 15) is 8.42 Å². The van der Waals surface area contributed by atoms with E-state index in [2.05, 4.69) is 12.2 Å². The van der Waals surface area contributed by atoms with Gasteiger partial charge in [0.2, 0.25) is 0 Å². The molecule has 3 nitrogen and oxygen atoms in total. The lowest BCUT2D eigenvalue weighted by molar-refractivity contribution is 0.469. The second-order valence-electron chi connectivity index (χ2n) is 5.00. The Bertz CT molecular complexity index is 498. The summed E-state index contributed by atoms with van der Waals surface area (Å²) < 4.78 is 22.7. The molecule has 1 heterocycles. The van der Waals surface area contributed by atoms with Crippen LogP contribution < -0.4 is 5.32 Å². The van der Waals surface area contributed by atoms with Crippen LogP contribution >= 0.6 is 11.6 Å². The molecule has 0 amide bonds. The predicted octanol–water partition coefficient (Wildman–Crippen LogP) is 2.05. The molecular formula is C13H18ClNO2S. The van der Waals surface area contributed by atoms with E-state index in [1.807, 2.05) is 24.3 Å². The molecule has 0 bridgehead atoms. The summed E-state index contributed by atoms with van der Waals surface area (Å²) in [7, 11) is -2.80. The minimum absolute atomic E-state index is 0.109. The average Bonchev–Trinajstić information content (AvgIpc) is 2.61. The number of hydrogen-bond donors (Lipinski definition) is 1. The first-order valence-corrected chi connectivity index (χ1v) is 8.35. The number of rotatable bonds is 4. The van der Waals surface area contributed by atoms with Crippen molar-refractivity contribution in [1.29, 1.82) is 0 Å². The second-order valence-corrected chi connectivity index (χ2v) is 7.66. The molecule has 0 aliphatic carbocycles. The van der Waals surface area contributed by atoms with E-state index in [1.165, 1.54) is 5.56 Å². The molecule has 1 saturated heterocycles. The van der Waals surface area contributed by atoms with E-state index < -0.39 is 9.84 Å². The van der Waals surface area contributed by atoms with Crippen LogP contribution in [0.5, 0.6) is 0 Å². The molecule has 1 aromatic rings. The van der Waals surface area contributed by atoms with Crippen molar-refractivity contribution in [2.45, 2.75) is 31.8 Å². The quantitative estimate of drug-likeness (QED) is 0.922. The first-order chi connectivity index (χ1) is 8.44. The molecule has 100 valence electrons. The van der Waals surface area contributed by atoms with Crippen molar-refractivity contribution in [3.8, 4) is 0 Å². The Labute approximate surface area is 113 Å². The Balaban J connectivity index is 1.86. The Morgan fingerprint density at radius 3 is 2.61 bits per heavy atom. The van der Waals surface area contributed by atoms with Gasteiger partial charge in [-0.25, -0.2) is 8.42 Å². The van der Waals surface area contributed by atoms with Crippen LogP contribution in [0.1, 0.15) is 18.9 Å². The van der Waals surface area contributed by atoms with Crippen LogP contribution in [0.3, 0.4) is 0 Å². The third kappa shape index (κ3) is 3.97. The van der Waals surface area contributed by atoms with Gasteiger partial charge in [0.1, 0.15) is 0 Å². The highest BCUT2D eigenvalue weighted by Gasteiger charge is 2.28. The first kappa shape index (κ1) is 13.8. The highest BCUT2D eigenvalue weighted by atomic mass is 35.5. The molecule has 2 atom stereocenters. The fourth-order valence-electron chi connectivity index (χ4n) is 2.36. The predicted molar refractivity (Wildman–Crippen MR) is 74.8 cm³/mol. The maximum Gasteiger partial charge on any atom is 0.151 e. The zero-order valence-corrected chi connectivity index (χ0v) is 12.0. The van der Waals surface area contributed by atoms with Crippen molar-refractivity contribution in [3.63, 3.8) is 0 Å². The van der Waals surface area contributed by atoms with Gasteiger partial charge in [0.05, 0.1) is 11.5 Å².